The minimum Gasteiger partial charge on any atom is -0.460 e. The highest BCUT2D eigenvalue weighted by molar-refractivity contribution is 9.11. The van der Waals surface area contributed by atoms with Gasteiger partial charge in [0.25, 0.3) is 5.91 Å². The summed E-state index contributed by atoms with van der Waals surface area (Å²) in [5, 5.41) is 12.6. The van der Waals surface area contributed by atoms with Crippen LogP contribution in [0.4, 0.5) is 5.69 Å². The van der Waals surface area contributed by atoms with Crippen LogP contribution >= 0.6 is 27.5 Å². The summed E-state index contributed by atoms with van der Waals surface area (Å²) in [5.41, 5.74) is -0.140. The van der Waals surface area contributed by atoms with Gasteiger partial charge in [-0.2, -0.15) is 0 Å². The molecule has 2 saturated heterocycles. The molecule has 4 aliphatic heterocycles. The standard InChI is InChI=1S/C30H35BrClN3O7/c1-17-9-8-10-20(32)24(17)34-12-5-3-4-11-21(37)33-16-18(2)41-29(40)22-23-27(38)35(13-6-7-14-36)26(28(34)39)30(23)15-19(31)25(22)42-30/h3,5,8-10,15,18,22-23,25-26,36H,4,6-7,11-14,16H2,1-2H3,(H,33,37)/b5-3-/t18-,22+,23-,25+,26+,30-/m0/s1. The predicted molar refractivity (Wildman–Crippen MR) is 159 cm³/mol. The third-order valence-electron chi connectivity index (χ3n) is 8.36. The minimum atomic E-state index is -1.41. The largest absolute Gasteiger partial charge is 0.460 e. The number of carbonyl (C=O) groups is 4. The van der Waals surface area contributed by atoms with Gasteiger partial charge in [0.1, 0.15) is 29.8 Å². The molecule has 5 rings (SSSR count). The summed E-state index contributed by atoms with van der Waals surface area (Å²) >= 11 is 10.2. The van der Waals surface area contributed by atoms with Gasteiger partial charge in [0.2, 0.25) is 11.8 Å². The van der Waals surface area contributed by atoms with Crippen molar-refractivity contribution in [2.24, 2.45) is 11.8 Å². The fourth-order valence-corrected chi connectivity index (χ4v) is 7.54. The number of anilines is 1. The summed E-state index contributed by atoms with van der Waals surface area (Å²) in [6.07, 6.45) is 5.53. The second-order valence-corrected chi connectivity index (χ2v) is 12.5. The molecular weight excluding hydrogens is 630 g/mol. The third kappa shape index (κ3) is 5.40. The van der Waals surface area contributed by atoms with Crippen LogP contribution in [-0.2, 0) is 28.7 Å². The van der Waals surface area contributed by atoms with Crippen LogP contribution in [0.25, 0.3) is 0 Å². The van der Waals surface area contributed by atoms with Gasteiger partial charge in [-0.25, -0.2) is 0 Å². The van der Waals surface area contributed by atoms with Gasteiger partial charge in [0, 0.05) is 30.6 Å². The number of fused-ring (bicyclic) bond motifs is 2. The highest BCUT2D eigenvalue weighted by atomic mass is 79.9. The SMILES string of the molecule is Cc1cccc(Cl)c1N1C/C=C\CCC(=O)NC[C@H](C)OC(=O)[C@H]2[C@@H]3O[C@@]4(C=C3Br)[C@@H]2C(=O)N(CCCCO)[C@@H]4C1=O. The molecule has 3 amide bonds. The Labute approximate surface area is 258 Å². The normalized spacial score (nSPS) is 32.5. The second kappa shape index (κ2) is 12.5. The van der Waals surface area contributed by atoms with Crippen LogP contribution < -0.4 is 10.2 Å². The van der Waals surface area contributed by atoms with Crippen LogP contribution in [-0.4, -0.2) is 83.8 Å². The Bertz CT molecular complexity index is 1320. The molecule has 4 aliphatic rings. The van der Waals surface area contributed by atoms with Crippen LogP contribution in [0.15, 0.2) is 40.9 Å². The highest BCUT2D eigenvalue weighted by Gasteiger charge is 2.75. The molecule has 10 nitrogen and oxygen atoms in total. The molecule has 1 aromatic rings. The number of amides is 3. The van der Waals surface area contributed by atoms with E-state index in [1.807, 2.05) is 25.1 Å². The monoisotopic (exact) mass is 663 g/mol. The number of halogens is 2. The number of esters is 1. The van der Waals surface area contributed by atoms with Gasteiger partial charge in [0.05, 0.1) is 23.2 Å². The van der Waals surface area contributed by atoms with Gasteiger partial charge in [0.15, 0.2) is 0 Å². The van der Waals surface area contributed by atoms with Crippen LogP contribution in [0.1, 0.15) is 38.2 Å². The second-order valence-electron chi connectivity index (χ2n) is 11.2. The van der Waals surface area contributed by atoms with E-state index < -0.39 is 47.6 Å². The first-order chi connectivity index (χ1) is 20.1. The summed E-state index contributed by atoms with van der Waals surface area (Å²) in [4.78, 5) is 58.0. The van der Waals surface area contributed by atoms with Crippen LogP contribution in [0.5, 0.6) is 0 Å². The van der Waals surface area contributed by atoms with Crippen LogP contribution in [0, 0.1) is 18.8 Å². The quantitative estimate of drug-likeness (QED) is 0.282. The van der Waals surface area contributed by atoms with Crippen molar-refractivity contribution in [3.8, 4) is 0 Å². The average Bonchev–Trinajstić information content (AvgIpc) is 3.53. The Morgan fingerprint density at radius 2 is 1.95 bits per heavy atom. The first-order valence-electron chi connectivity index (χ1n) is 14.3. The number of benzene rings is 1. The molecular formula is C30H35BrClN3O7. The first-order valence-corrected chi connectivity index (χ1v) is 15.4. The summed E-state index contributed by atoms with van der Waals surface area (Å²) in [6.45, 7) is 3.93. The van der Waals surface area contributed by atoms with Gasteiger partial charge in [-0.3, -0.25) is 19.2 Å². The van der Waals surface area contributed by atoms with E-state index in [0.29, 0.717) is 34.5 Å². The number of carbonyl (C=O) groups excluding carboxylic acids is 4. The van der Waals surface area contributed by atoms with Crippen molar-refractivity contribution in [1.29, 1.82) is 0 Å². The number of nitrogens with one attached hydrogen (secondary N) is 1. The number of cyclic esters (lactones) is 1. The number of rotatable bonds is 5. The molecule has 0 aliphatic carbocycles. The number of nitrogens with zero attached hydrogens (tertiary/aromatic N) is 2. The van der Waals surface area contributed by atoms with Gasteiger partial charge in [-0.05, 0) is 50.8 Å². The fraction of sp³-hybridized carbons (Fsp3) is 0.533. The number of aliphatic hydroxyl groups is 1. The zero-order chi connectivity index (χ0) is 30.2. The number of likely N-dealkylation sites (tertiary alicyclic amines) is 1. The van der Waals surface area contributed by atoms with E-state index in [9.17, 15) is 24.3 Å². The molecule has 2 N–H and O–H groups in total. The van der Waals surface area contributed by atoms with E-state index in [-0.39, 0.29) is 44.5 Å². The molecule has 0 saturated carbocycles. The molecule has 5 bridgehead atoms. The van der Waals surface area contributed by atoms with E-state index >= 15 is 0 Å². The number of ether oxygens (including phenoxy) is 2. The summed E-state index contributed by atoms with van der Waals surface area (Å²) < 4.78 is 12.8. The fourth-order valence-electron chi connectivity index (χ4n) is 6.48. The van der Waals surface area contributed by atoms with E-state index in [0.717, 1.165) is 5.56 Å². The van der Waals surface area contributed by atoms with Gasteiger partial charge < -0.3 is 29.7 Å². The molecule has 6 atom stereocenters. The number of aryl methyl sites for hydroxylation is 1. The number of hydrogen-bond acceptors (Lipinski definition) is 7. The van der Waals surface area contributed by atoms with Crippen molar-refractivity contribution in [2.45, 2.75) is 63.4 Å². The zero-order valence-corrected chi connectivity index (χ0v) is 25.9. The number of hydrogen-bond donors (Lipinski definition) is 2. The molecule has 0 aromatic heterocycles. The van der Waals surface area contributed by atoms with Gasteiger partial charge in [-0.15, -0.1) is 0 Å². The lowest BCUT2D eigenvalue weighted by molar-refractivity contribution is -0.158. The maximum absolute atomic E-state index is 14.8. The molecule has 0 radical (unpaired) electrons. The lowest BCUT2D eigenvalue weighted by atomic mass is 9.74. The average molecular weight is 665 g/mol. The number of para-hydroxylation sites is 1. The van der Waals surface area contributed by atoms with E-state index in [1.54, 1.807) is 30.0 Å². The number of aliphatic hydroxyl groups excluding tert-OH is 1. The Hall–Kier alpha value is -2.73. The number of unbranched alkanes of at least 4 members (excludes halogenated alkanes) is 1. The van der Waals surface area contributed by atoms with Crippen molar-refractivity contribution in [3.05, 3.63) is 51.5 Å². The molecule has 0 unspecified atom stereocenters. The molecule has 2 fully saturated rings. The van der Waals surface area contributed by atoms with E-state index in [4.69, 9.17) is 21.1 Å². The Morgan fingerprint density at radius 3 is 2.69 bits per heavy atom. The summed E-state index contributed by atoms with van der Waals surface area (Å²) in [5.74, 6) is -3.57. The Morgan fingerprint density at radius 1 is 1.17 bits per heavy atom. The predicted octanol–water partition coefficient (Wildman–Crippen LogP) is 3.03. The smallest absolute Gasteiger partial charge is 0.313 e. The molecule has 226 valence electrons. The van der Waals surface area contributed by atoms with Crippen molar-refractivity contribution in [2.75, 3.05) is 31.1 Å². The first kappa shape index (κ1) is 30.7. The van der Waals surface area contributed by atoms with E-state index in [1.165, 1.54) is 4.90 Å². The van der Waals surface area contributed by atoms with Crippen molar-refractivity contribution in [1.82, 2.24) is 10.2 Å². The minimum absolute atomic E-state index is 0.0572. The summed E-state index contributed by atoms with van der Waals surface area (Å²) in [7, 11) is 0. The molecule has 1 spiro atoms. The Kier molecular flexibility index (Phi) is 9.13. The molecule has 1 aromatic carbocycles. The third-order valence-corrected chi connectivity index (χ3v) is 9.35. The Balaban J connectivity index is 1.64. The maximum atomic E-state index is 14.8. The number of allylic oxidation sites excluding steroid dienone is 1. The molecule has 4 heterocycles. The van der Waals surface area contributed by atoms with Gasteiger partial charge in [-0.1, -0.05) is 51.8 Å². The summed E-state index contributed by atoms with van der Waals surface area (Å²) in [6, 6.07) is 4.26. The highest BCUT2D eigenvalue weighted by Crippen LogP contribution is 2.59. The van der Waals surface area contributed by atoms with Crippen molar-refractivity contribution in [3.63, 3.8) is 0 Å². The zero-order valence-electron chi connectivity index (χ0n) is 23.6. The van der Waals surface area contributed by atoms with Crippen LogP contribution in [0.3, 0.4) is 0 Å². The van der Waals surface area contributed by atoms with E-state index in [2.05, 4.69) is 21.2 Å². The maximum Gasteiger partial charge on any atom is 0.313 e. The van der Waals surface area contributed by atoms with Crippen molar-refractivity contribution >= 4 is 56.9 Å². The topological polar surface area (TPSA) is 125 Å². The van der Waals surface area contributed by atoms with Crippen LogP contribution in [0.2, 0.25) is 5.02 Å². The van der Waals surface area contributed by atoms with Gasteiger partial charge >= 0.3 is 5.97 Å². The van der Waals surface area contributed by atoms with Crippen molar-refractivity contribution < 1.29 is 33.8 Å². The lowest BCUT2D eigenvalue weighted by Crippen LogP contribution is -2.56. The molecule has 42 heavy (non-hydrogen) atoms. The lowest BCUT2D eigenvalue weighted by Gasteiger charge is -2.36. The molecule has 12 heteroatoms.